The lowest BCUT2D eigenvalue weighted by atomic mass is 9.86. The Labute approximate surface area is 237 Å². The highest BCUT2D eigenvalue weighted by molar-refractivity contribution is 7.87. The van der Waals surface area contributed by atoms with Crippen LogP contribution < -0.4 is 27.5 Å². The van der Waals surface area contributed by atoms with Gasteiger partial charge >= 0.3 is 20.2 Å². The van der Waals surface area contributed by atoms with E-state index in [0.717, 1.165) is 24.3 Å². The van der Waals surface area contributed by atoms with Crippen LogP contribution in [0.5, 0.6) is 46.5 Å². The first-order chi connectivity index (χ1) is 19.8. The molecule has 1 aliphatic rings. The van der Waals surface area contributed by atoms with E-state index >= 15 is 0 Å². The molecule has 2 aromatic heterocycles. The molecule has 16 nitrogen and oxygen atoms in total. The van der Waals surface area contributed by atoms with Crippen LogP contribution >= 0.6 is 0 Å². The van der Waals surface area contributed by atoms with Crippen molar-refractivity contribution in [1.29, 1.82) is 0 Å². The van der Waals surface area contributed by atoms with Crippen molar-refractivity contribution < 1.29 is 64.8 Å². The lowest BCUT2D eigenvalue weighted by Gasteiger charge is -2.13. The summed E-state index contributed by atoms with van der Waals surface area (Å²) in [4.78, 5) is -0.862. The second-order valence-electron chi connectivity index (χ2n) is 8.47. The smallest absolute Gasteiger partial charge is 0.357 e. The zero-order valence-electron chi connectivity index (χ0n) is 22.0. The minimum atomic E-state index is -4.70. The number of rotatable bonds is 10. The van der Waals surface area contributed by atoms with E-state index in [2.05, 4.69) is 0 Å². The van der Waals surface area contributed by atoms with Crippen LogP contribution in [0.4, 0.5) is 0 Å². The van der Waals surface area contributed by atoms with Crippen molar-refractivity contribution in [2.45, 2.75) is 9.79 Å². The lowest BCUT2D eigenvalue weighted by molar-refractivity contribution is 0.201. The lowest BCUT2D eigenvalue weighted by Crippen LogP contribution is -2.20. The molecule has 2 aromatic carbocycles. The molecule has 0 spiro atoms. The van der Waals surface area contributed by atoms with Gasteiger partial charge in [0.25, 0.3) is 0 Å². The molecule has 0 bridgehead atoms. The molecular formula is C24H22N2O14S2. The summed E-state index contributed by atoms with van der Waals surface area (Å²) in [6, 6.07) is 7.00. The van der Waals surface area contributed by atoms with Gasteiger partial charge in [0.2, 0.25) is 23.5 Å². The molecular weight excluding hydrogens is 604 g/mol. The van der Waals surface area contributed by atoms with Crippen LogP contribution in [0.25, 0.3) is 22.3 Å². The van der Waals surface area contributed by atoms with Crippen molar-refractivity contribution in [3.8, 4) is 68.8 Å². The summed E-state index contributed by atoms with van der Waals surface area (Å²) in [5.74, 6) is -3.41. The Morgan fingerprint density at radius 2 is 0.786 bits per heavy atom. The van der Waals surface area contributed by atoms with E-state index in [-0.39, 0.29) is 54.7 Å². The summed E-state index contributed by atoms with van der Waals surface area (Å²) in [6.07, 6.45) is 0. The summed E-state index contributed by atoms with van der Waals surface area (Å²) >= 11 is 0. The van der Waals surface area contributed by atoms with Crippen LogP contribution in [0.3, 0.4) is 0 Å². The van der Waals surface area contributed by atoms with Crippen LogP contribution in [-0.2, 0) is 20.2 Å². The van der Waals surface area contributed by atoms with Gasteiger partial charge in [-0.3, -0.25) is 8.57 Å². The van der Waals surface area contributed by atoms with Crippen molar-refractivity contribution in [3.63, 3.8) is 0 Å². The molecule has 0 saturated carbocycles. The van der Waals surface area contributed by atoms with Gasteiger partial charge < -0.3 is 39.4 Å². The fourth-order valence-corrected chi connectivity index (χ4v) is 6.13. The highest BCUT2D eigenvalue weighted by atomic mass is 32.2. The topological polar surface area (TPSA) is 214 Å². The first-order valence-electron chi connectivity index (χ1n) is 11.5. The fourth-order valence-electron chi connectivity index (χ4n) is 4.31. The van der Waals surface area contributed by atoms with E-state index in [1.165, 1.54) is 40.6 Å². The van der Waals surface area contributed by atoms with E-state index in [4.69, 9.17) is 27.5 Å². The summed E-state index contributed by atoms with van der Waals surface area (Å²) in [5, 5.41) is 42.9. The van der Waals surface area contributed by atoms with Crippen molar-refractivity contribution in [3.05, 3.63) is 36.4 Å². The summed E-state index contributed by atoms with van der Waals surface area (Å²) < 4.78 is 82.2. The monoisotopic (exact) mass is 626 g/mol. The van der Waals surface area contributed by atoms with E-state index in [1.807, 2.05) is 0 Å². The first-order valence-corrected chi connectivity index (χ1v) is 14.3. The number of benzene rings is 2. The van der Waals surface area contributed by atoms with E-state index in [1.54, 1.807) is 0 Å². The molecule has 1 aliphatic carbocycles. The van der Waals surface area contributed by atoms with Crippen LogP contribution in [0.1, 0.15) is 0 Å². The number of hydrogen-bond donors (Lipinski definition) is 4. The molecule has 42 heavy (non-hydrogen) atoms. The molecule has 4 N–H and O–H groups in total. The van der Waals surface area contributed by atoms with Crippen LogP contribution in [0.15, 0.2) is 46.2 Å². The van der Waals surface area contributed by atoms with Gasteiger partial charge in [-0.25, -0.2) is 0 Å². The van der Waals surface area contributed by atoms with Gasteiger partial charge in [0.1, 0.15) is 9.79 Å². The Kier molecular flexibility index (Phi) is 6.61. The third kappa shape index (κ3) is 4.10. The van der Waals surface area contributed by atoms with E-state index in [0.29, 0.717) is 0 Å². The van der Waals surface area contributed by atoms with Gasteiger partial charge in [-0.1, -0.05) is 9.46 Å². The first kappa shape index (κ1) is 28.4. The van der Waals surface area contributed by atoms with Gasteiger partial charge in [-0.15, -0.1) is 0 Å². The number of aromatic hydroxyl groups is 4. The van der Waals surface area contributed by atoms with Gasteiger partial charge in [-0.2, -0.15) is 16.8 Å². The normalized spacial score (nSPS) is 12.1. The Morgan fingerprint density at radius 3 is 1.05 bits per heavy atom. The minimum absolute atomic E-state index is 0.0524. The van der Waals surface area contributed by atoms with Crippen molar-refractivity contribution in [2.75, 3.05) is 28.4 Å². The maximum atomic E-state index is 12.9. The molecule has 18 heteroatoms. The van der Waals surface area contributed by atoms with E-state index in [9.17, 15) is 37.3 Å². The molecule has 4 aromatic rings. The zero-order valence-corrected chi connectivity index (χ0v) is 23.7. The maximum Gasteiger partial charge on any atom is 0.357 e. The highest BCUT2D eigenvalue weighted by Crippen LogP contribution is 2.64. The number of hydrogen-bond acceptors (Lipinski definition) is 14. The van der Waals surface area contributed by atoms with Crippen molar-refractivity contribution >= 4 is 20.2 Å². The van der Waals surface area contributed by atoms with E-state index < -0.39 is 53.5 Å². The molecule has 5 rings (SSSR count). The predicted molar refractivity (Wildman–Crippen MR) is 140 cm³/mol. The molecule has 0 radical (unpaired) electrons. The number of aromatic nitrogens is 2. The zero-order chi connectivity index (χ0) is 30.7. The van der Waals surface area contributed by atoms with Gasteiger partial charge in [0.15, 0.2) is 23.0 Å². The SMILES string of the molecule is COc1ccc(S(=O)(=O)On2c(O)c3c(c2O)-c2c-3c(O)n(OS(=O)(=O)c3ccc(OC)c(OC)c3)c2O)cc1OC. The second-order valence-corrected chi connectivity index (χ2v) is 11.5. The Hall–Kier alpha value is -5.10. The number of nitrogens with zero attached hydrogens (tertiary/aromatic N) is 2. The molecule has 224 valence electrons. The maximum absolute atomic E-state index is 12.9. The second kappa shape index (κ2) is 9.77. The largest absolute Gasteiger partial charge is 0.493 e. The van der Waals surface area contributed by atoms with Crippen LogP contribution in [0, 0.1) is 0 Å². The quantitative estimate of drug-likeness (QED) is 0.173. The highest BCUT2D eigenvalue weighted by Gasteiger charge is 2.46. The van der Waals surface area contributed by atoms with Crippen LogP contribution in [0.2, 0.25) is 0 Å². The number of fused-ring (bicyclic) bond motifs is 4. The third-order valence-electron chi connectivity index (χ3n) is 6.30. The Morgan fingerprint density at radius 1 is 0.500 bits per heavy atom. The molecule has 2 heterocycles. The average Bonchev–Trinajstić information content (AvgIpc) is 3.26. The molecule has 0 unspecified atom stereocenters. The Balaban J connectivity index is 1.49. The molecule has 0 saturated heterocycles. The van der Waals surface area contributed by atoms with Crippen LogP contribution in [-0.4, -0.2) is 75.2 Å². The molecule has 0 aliphatic heterocycles. The Bertz CT molecular complexity index is 1750. The minimum Gasteiger partial charge on any atom is -0.493 e. The molecule has 0 fully saturated rings. The third-order valence-corrected chi connectivity index (χ3v) is 8.65. The summed E-state index contributed by atoms with van der Waals surface area (Å²) in [5.41, 5.74) is -1.43. The number of methoxy groups -OCH3 is 4. The molecule has 0 amide bonds. The predicted octanol–water partition coefficient (Wildman–Crippen LogP) is 1.43. The van der Waals surface area contributed by atoms with Gasteiger partial charge in [0.05, 0.1) is 50.7 Å². The summed E-state index contributed by atoms with van der Waals surface area (Å²) in [7, 11) is -4.14. The average molecular weight is 627 g/mol. The fraction of sp³-hybridized carbons (Fsp3) is 0.167. The number of ether oxygens (including phenoxy) is 4. The van der Waals surface area contributed by atoms with Gasteiger partial charge in [-0.05, 0) is 24.3 Å². The van der Waals surface area contributed by atoms with Crippen molar-refractivity contribution in [2.24, 2.45) is 0 Å². The van der Waals surface area contributed by atoms with Crippen molar-refractivity contribution in [1.82, 2.24) is 9.46 Å². The standard InChI is InChI=1S/C24H22N2O14S2/c1-35-13-7-5-11(9-15(13)37-3)41(31,32)39-25-21(27)17-18(22(25)28)20-19(17)23(29)26(24(20)30)40-42(33,34)12-6-8-14(36-2)16(10-12)38-4/h5-10,27-30H,1-4H3. The summed E-state index contributed by atoms with van der Waals surface area (Å²) in [6.45, 7) is 0. The molecule has 0 atom stereocenters. The van der Waals surface area contributed by atoms with Gasteiger partial charge in [0, 0.05) is 12.1 Å².